The van der Waals surface area contributed by atoms with E-state index in [4.69, 9.17) is 0 Å². The molecule has 4 aromatic rings. The number of nitro benzene ring substituents is 1. The number of nitro groups is 1. The van der Waals surface area contributed by atoms with Gasteiger partial charge in [0.2, 0.25) is 5.91 Å². The number of benzene rings is 4. The predicted octanol–water partition coefficient (Wildman–Crippen LogP) is 6.29. The van der Waals surface area contributed by atoms with Gasteiger partial charge in [0.05, 0.1) is 22.3 Å². The predicted molar refractivity (Wildman–Crippen MR) is 159 cm³/mol. The lowest BCUT2D eigenvalue weighted by Crippen LogP contribution is -2.40. The van der Waals surface area contributed by atoms with Crippen LogP contribution in [0.2, 0.25) is 0 Å². The summed E-state index contributed by atoms with van der Waals surface area (Å²) in [5.74, 6) is -1.20. The molecule has 2 amide bonds. The van der Waals surface area contributed by atoms with Gasteiger partial charge in [-0.05, 0) is 61.0 Å². The van der Waals surface area contributed by atoms with E-state index in [1.54, 1.807) is 66.7 Å². The lowest BCUT2D eigenvalue weighted by atomic mass is 9.99. The maximum atomic E-state index is 14.0. The highest BCUT2D eigenvalue weighted by Gasteiger charge is 2.34. The first kappa shape index (κ1) is 29.6. The van der Waals surface area contributed by atoms with Crippen LogP contribution < -0.4 is 4.90 Å². The van der Waals surface area contributed by atoms with Gasteiger partial charge in [-0.2, -0.15) is 0 Å². The van der Waals surface area contributed by atoms with Crippen LogP contribution in [0.25, 0.3) is 0 Å². The molecule has 0 saturated heterocycles. The first-order chi connectivity index (χ1) is 19.5. The normalized spacial score (nSPS) is 11.9. The largest absolute Gasteiger partial charge is 0.300 e. The van der Waals surface area contributed by atoms with Crippen LogP contribution in [0.3, 0.4) is 0 Å². The number of aryl methyl sites for hydroxylation is 1. The van der Waals surface area contributed by atoms with Gasteiger partial charge in [0.15, 0.2) is 0 Å². The molecule has 0 aliphatic rings. The van der Waals surface area contributed by atoms with Crippen LogP contribution in [0.15, 0.2) is 112 Å². The Morgan fingerprint density at radius 2 is 1.46 bits per heavy atom. The van der Waals surface area contributed by atoms with Crippen molar-refractivity contribution < 1.29 is 22.9 Å². The number of hydrogen-bond acceptors (Lipinski definition) is 6. The van der Waals surface area contributed by atoms with Gasteiger partial charge in [-0.15, -0.1) is 0 Å². The number of rotatable bonds is 9. The van der Waals surface area contributed by atoms with E-state index in [9.17, 15) is 28.1 Å². The molecule has 0 N–H and O–H groups in total. The molecule has 0 aromatic heterocycles. The molecule has 0 bridgehead atoms. The van der Waals surface area contributed by atoms with Gasteiger partial charge in [-0.3, -0.25) is 19.7 Å². The Labute approximate surface area is 246 Å². The SMILES string of the molecule is Cc1ccc(S(=O)(=O)N(C)C(=O)C[C@H](c2ccc([N+](=O)[O-])cc2)N(C(=O)c2ccccc2)c2ccc(Br)cc2)cc1. The molecule has 11 heteroatoms. The third kappa shape index (κ3) is 6.69. The van der Waals surface area contributed by atoms with Gasteiger partial charge in [-0.25, -0.2) is 12.7 Å². The maximum Gasteiger partial charge on any atom is 0.269 e. The number of amides is 2. The Morgan fingerprint density at radius 1 is 0.878 bits per heavy atom. The van der Waals surface area contributed by atoms with Crippen molar-refractivity contribution >= 4 is 49.1 Å². The smallest absolute Gasteiger partial charge is 0.269 e. The average Bonchev–Trinajstić information content (AvgIpc) is 2.97. The third-order valence-corrected chi connectivity index (χ3v) is 8.86. The monoisotopic (exact) mass is 635 g/mol. The second kappa shape index (κ2) is 12.4. The van der Waals surface area contributed by atoms with Crippen molar-refractivity contribution in [2.45, 2.75) is 24.3 Å². The Morgan fingerprint density at radius 3 is 2.02 bits per heavy atom. The zero-order valence-electron chi connectivity index (χ0n) is 22.2. The number of sulfonamides is 1. The van der Waals surface area contributed by atoms with Crippen LogP contribution in [0.4, 0.5) is 11.4 Å². The van der Waals surface area contributed by atoms with Crippen LogP contribution in [-0.4, -0.2) is 36.5 Å². The molecule has 9 nitrogen and oxygen atoms in total. The number of carbonyl (C=O) groups is 2. The second-order valence-electron chi connectivity index (χ2n) is 9.27. The highest BCUT2D eigenvalue weighted by atomic mass is 79.9. The highest BCUT2D eigenvalue weighted by Crippen LogP contribution is 2.34. The fourth-order valence-corrected chi connectivity index (χ4v) is 5.64. The van der Waals surface area contributed by atoms with Crippen molar-refractivity contribution in [3.8, 4) is 0 Å². The molecule has 1 atom stereocenters. The molecule has 0 spiro atoms. The molecule has 0 saturated carbocycles. The Hall–Kier alpha value is -4.35. The van der Waals surface area contributed by atoms with Gasteiger partial charge >= 0.3 is 0 Å². The van der Waals surface area contributed by atoms with Gasteiger partial charge in [-0.1, -0.05) is 64.0 Å². The summed E-state index contributed by atoms with van der Waals surface area (Å²) in [6.07, 6.45) is -0.423. The van der Waals surface area contributed by atoms with Crippen molar-refractivity contribution in [1.82, 2.24) is 4.31 Å². The quantitative estimate of drug-likeness (QED) is 0.157. The van der Waals surface area contributed by atoms with Crippen LogP contribution >= 0.6 is 15.9 Å². The topological polar surface area (TPSA) is 118 Å². The summed E-state index contributed by atoms with van der Waals surface area (Å²) in [6, 6.07) is 25.9. The lowest BCUT2D eigenvalue weighted by Gasteiger charge is -2.33. The fraction of sp³-hybridized carbons (Fsp3) is 0.133. The first-order valence-electron chi connectivity index (χ1n) is 12.5. The van der Waals surface area contributed by atoms with E-state index >= 15 is 0 Å². The summed E-state index contributed by atoms with van der Waals surface area (Å²) in [5, 5.41) is 11.3. The molecule has 0 unspecified atom stereocenters. The Bertz CT molecular complexity index is 1660. The molecule has 0 aliphatic heterocycles. The van der Waals surface area contributed by atoms with E-state index in [0.29, 0.717) is 21.1 Å². The third-order valence-electron chi connectivity index (χ3n) is 6.54. The summed E-state index contributed by atoms with van der Waals surface area (Å²) >= 11 is 3.39. The minimum absolute atomic E-state index is 0.0454. The van der Waals surface area contributed by atoms with E-state index in [1.165, 1.54) is 48.3 Å². The molecule has 0 fully saturated rings. The number of non-ortho nitro benzene ring substituents is 1. The first-order valence-corrected chi connectivity index (χ1v) is 14.7. The van der Waals surface area contributed by atoms with Crippen LogP contribution in [0, 0.1) is 17.0 Å². The summed E-state index contributed by atoms with van der Waals surface area (Å²) in [4.78, 5) is 39.7. The molecular formula is C30H26BrN3O6S. The molecule has 4 rings (SSSR count). The zero-order chi connectivity index (χ0) is 29.7. The summed E-state index contributed by atoms with van der Waals surface area (Å²) < 4.78 is 28.0. The van der Waals surface area contributed by atoms with Gasteiger partial charge in [0.25, 0.3) is 21.6 Å². The van der Waals surface area contributed by atoms with Gasteiger partial charge < -0.3 is 4.90 Å². The Balaban J connectivity index is 1.81. The van der Waals surface area contributed by atoms with Crippen molar-refractivity contribution in [2.24, 2.45) is 0 Å². The molecule has 41 heavy (non-hydrogen) atoms. The molecule has 0 heterocycles. The van der Waals surface area contributed by atoms with Crippen molar-refractivity contribution in [2.75, 3.05) is 11.9 Å². The summed E-state index contributed by atoms with van der Waals surface area (Å²) in [5.41, 5.74) is 1.90. The maximum absolute atomic E-state index is 14.0. The van der Waals surface area contributed by atoms with E-state index in [0.717, 1.165) is 10.0 Å². The van der Waals surface area contributed by atoms with Crippen LogP contribution in [-0.2, 0) is 14.8 Å². The standard InChI is InChI=1S/C30H26BrN3O6S/c1-21-8-18-27(19-9-21)41(39,40)32(2)29(35)20-28(22-10-14-26(15-11-22)34(37)38)33(25-16-12-24(31)13-17-25)30(36)23-6-4-3-5-7-23/h3-19,28H,20H2,1-2H3/t28-/m1/s1. The minimum atomic E-state index is -4.18. The second-order valence-corrected chi connectivity index (χ2v) is 12.2. The fourth-order valence-electron chi connectivity index (χ4n) is 4.23. The van der Waals surface area contributed by atoms with Crippen molar-refractivity contribution in [3.05, 3.63) is 134 Å². The van der Waals surface area contributed by atoms with Gasteiger partial charge in [0.1, 0.15) is 0 Å². The molecule has 210 valence electrons. The molecule has 0 radical (unpaired) electrons. The van der Waals surface area contributed by atoms with E-state index in [1.807, 2.05) is 6.92 Å². The summed E-state index contributed by atoms with van der Waals surface area (Å²) in [7, 11) is -3.01. The molecular weight excluding hydrogens is 610 g/mol. The number of anilines is 1. The number of hydrogen-bond donors (Lipinski definition) is 0. The zero-order valence-corrected chi connectivity index (χ0v) is 24.6. The van der Waals surface area contributed by atoms with Crippen molar-refractivity contribution in [3.63, 3.8) is 0 Å². The molecule has 4 aromatic carbocycles. The minimum Gasteiger partial charge on any atom is -0.300 e. The van der Waals surface area contributed by atoms with E-state index in [2.05, 4.69) is 15.9 Å². The van der Waals surface area contributed by atoms with Crippen LogP contribution in [0.5, 0.6) is 0 Å². The Kier molecular flexibility index (Phi) is 8.99. The van der Waals surface area contributed by atoms with Crippen LogP contribution in [0.1, 0.15) is 33.9 Å². The number of carbonyl (C=O) groups excluding carboxylic acids is 2. The van der Waals surface area contributed by atoms with E-state index in [-0.39, 0.29) is 10.6 Å². The van der Waals surface area contributed by atoms with E-state index < -0.39 is 39.2 Å². The number of nitrogens with zero attached hydrogens (tertiary/aromatic N) is 3. The number of halogens is 1. The molecule has 0 aliphatic carbocycles. The average molecular weight is 637 g/mol. The van der Waals surface area contributed by atoms with Gasteiger partial charge in [0, 0.05) is 34.9 Å². The highest BCUT2D eigenvalue weighted by molar-refractivity contribution is 9.10. The summed E-state index contributed by atoms with van der Waals surface area (Å²) in [6.45, 7) is 1.82. The van der Waals surface area contributed by atoms with Crippen molar-refractivity contribution in [1.29, 1.82) is 0 Å². The lowest BCUT2D eigenvalue weighted by molar-refractivity contribution is -0.384.